The van der Waals surface area contributed by atoms with Gasteiger partial charge in [0, 0.05) is 12.8 Å². The summed E-state index contributed by atoms with van der Waals surface area (Å²) in [6.07, 6.45) is -0.499. The maximum absolute atomic E-state index is 13.8. The average Bonchev–Trinajstić information content (AvgIpc) is 3.57. The Balaban J connectivity index is 1.47. The van der Waals surface area contributed by atoms with E-state index in [0.717, 1.165) is 24.0 Å². The summed E-state index contributed by atoms with van der Waals surface area (Å²) in [6.45, 7) is -0.371. The van der Waals surface area contributed by atoms with Gasteiger partial charge in [-0.3, -0.25) is 15.1 Å². The number of anilines is 3. The first-order valence-electron chi connectivity index (χ1n) is 12.2. The van der Waals surface area contributed by atoms with Crippen LogP contribution in [0.3, 0.4) is 0 Å². The third kappa shape index (κ3) is 4.33. The number of carbonyl (C=O) groups is 1. The molecular weight excluding hydrogens is 525 g/mol. The molecule has 0 unspecified atom stereocenters. The molecule has 10 nitrogen and oxygen atoms in total. The molecule has 204 valence electrons. The molecule has 2 aliphatic heterocycles. The van der Waals surface area contributed by atoms with E-state index in [4.69, 9.17) is 15.9 Å². The van der Waals surface area contributed by atoms with E-state index in [1.165, 1.54) is 29.2 Å². The van der Waals surface area contributed by atoms with Crippen LogP contribution in [-0.4, -0.2) is 60.2 Å². The number of halogens is 3. The van der Waals surface area contributed by atoms with Crippen LogP contribution < -0.4 is 10.6 Å². The van der Waals surface area contributed by atoms with Gasteiger partial charge in [0.05, 0.1) is 21.6 Å². The minimum atomic E-state index is -4.48. The van der Waals surface area contributed by atoms with E-state index >= 15 is 0 Å². The van der Waals surface area contributed by atoms with Crippen molar-refractivity contribution in [2.45, 2.75) is 67.7 Å². The summed E-state index contributed by atoms with van der Waals surface area (Å²) in [6, 6.07) is 3.41. The summed E-state index contributed by atoms with van der Waals surface area (Å²) in [5.74, 6) is 0.0688. The first kappa shape index (κ1) is 26.2. The molecule has 38 heavy (non-hydrogen) atoms. The lowest BCUT2D eigenvalue weighted by Gasteiger charge is -2.27. The van der Waals surface area contributed by atoms with Crippen molar-refractivity contribution in [3.05, 3.63) is 35.7 Å². The van der Waals surface area contributed by atoms with Crippen molar-refractivity contribution < 1.29 is 31.1 Å². The molecule has 1 aromatic carbocycles. The van der Waals surface area contributed by atoms with Gasteiger partial charge in [-0.2, -0.15) is 13.2 Å². The van der Waals surface area contributed by atoms with E-state index in [0.29, 0.717) is 24.1 Å². The van der Waals surface area contributed by atoms with E-state index in [-0.39, 0.29) is 47.6 Å². The fourth-order valence-corrected chi connectivity index (χ4v) is 6.34. The van der Waals surface area contributed by atoms with E-state index in [1.54, 1.807) is 0 Å². The van der Waals surface area contributed by atoms with E-state index in [9.17, 15) is 26.4 Å². The normalized spacial score (nSPS) is 20.8. The first-order chi connectivity index (χ1) is 17.8. The van der Waals surface area contributed by atoms with Gasteiger partial charge >= 0.3 is 6.18 Å². The molecule has 1 spiro atoms. The zero-order valence-corrected chi connectivity index (χ0v) is 21.4. The zero-order chi connectivity index (χ0) is 27.5. The number of carbonyl (C=O) groups excluding carboxylic acids is 1. The van der Waals surface area contributed by atoms with E-state index in [2.05, 4.69) is 9.97 Å². The molecule has 1 aliphatic carbocycles. The molecule has 1 saturated carbocycles. The Labute approximate surface area is 217 Å². The number of alkyl halides is 3. The molecule has 1 saturated heterocycles. The van der Waals surface area contributed by atoms with Crippen molar-refractivity contribution in [1.82, 2.24) is 14.9 Å². The topological polar surface area (TPSA) is 143 Å². The van der Waals surface area contributed by atoms with Gasteiger partial charge in [-0.05, 0) is 49.9 Å². The number of benzene rings is 1. The molecule has 14 heteroatoms. The van der Waals surface area contributed by atoms with Gasteiger partial charge < -0.3 is 15.4 Å². The predicted octanol–water partition coefficient (Wildman–Crippen LogP) is 3.43. The summed E-state index contributed by atoms with van der Waals surface area (Å²) in [5, 5.41) is 8.06. The fraction of sp³-hybridized carbons (Fsp3) is 0.500. The van der Waals surface area contributed by atoms with Gasteiger partial charge in [0.25, 0.3) is 6.02 Å². The quantitative estimate of drug-likeness (QED) is 0.434. The molecule has 1 aromatic heterocycles. The Morgan fingerprint density at radius 2 is 1.84 bits per heavy atom. The largest absolute Gasteiger partial charge is 0.457 e. The van der Waals surface area contributed by atoms with Crippen molar-refractivity contribution in [3.63, 3.8) is 0 Å². The molecule has 1 atom stereocenters. The zero-order valence-electron chi connectivity index (χ0n) is 20.6. The van der Waals surface area contributed by atoms with Crippen molar-refractivity contribution in [2.24, 2.45) is 0 Å². The van der Waals surface area contributed by atoms with Crippen LogP contribution in [0.5, 0.6) is 0 Å². The SMILES string of the molecule is CS(=O)(=O)c1ccc(N2C(=O)C3(CCCC3)c3c(N)nc(COC(=N)N4CCC[C@@H]4C(F)(F)F)nc32)cc1. The fourth-order valence-electron chi connectivity index (χ4n) is 5.71. The Hall–Kier alpha value is -3.42. The number of nitrogens with zero attached hydrogens (tertiary/aromatic N) is 4. The first-order valence-corrected chi connectivity index (χ1v) is 14.1. The Kier molecular flexibility index (Phi) is 6.27. The number of hydrogen-bond acceptors (Lipinski definition) is 8. The second-order valence-electron chi connectivity index (χ2n) is 9.91. The van der Waals surface area contributed by atoms with Gasteiger partial charge in [-0.15, -0.1) is 0 Å². The lowest BCUT2D eigenvalue weighted by atomic mass is 9.80. The number of likely N-dealkylation sites (tertiary alicyclic amines) is 1. The van der Waals surface area contributed by atoms with Crippen LogP contribution >= 0.6 is 0 Å². The van der Waals surface area contributed by atoms with Gasteiger partial charge in [0.15, 0.2) is 22.3 Å². The number of rotatable bonds is 4. The third-order valence-electron chi connectivity index (χ3n) is 7.48. The van der Waals surface area contributed by atoms with Gasteiger partial charge in [0.1, 0.15) is 17.7 Å². The van der Waals surface area contributed by atoms with Crippen LogP contribution in [0, 0.1) is 5.41 Å². The van der Waals surface area contributed by atoms with Crippen LogP contribution in [-0.2, 0) is 31.4 Å². The van der Waals surface area contributed by atoms with Gasteiger partial charge in [-0.1, -0.05) is 12.8 Å². The summed E-state index contributed by atoms with van der Waals surface area (Å²) >= 11 is 0. The maximum Gasteiger partial charge on any atom is 0.408 e. The Bertz CT molecular complexity index is 1390. The molecular formula is C24H27F3N6O4S. The molecule has 2 fully saturated rings. The Morgan fingerprint density at radius 3 is 2.45 bits per heavy atom. The number of nitrogen functional groups attached to an aromatic ring is 1. The van der Waals surface area contributed by atoms with Gasteiger partial charge in [0.2, 0.25) is 5.91 Å². The highest BCUT2D eigenvalue weighted by atomic mass is 32.2. The highest BCUT2D eigenvalue weighted by molar-refractivity contribution is 7.90. The highest BCUT2D eigenvalue weighted by Gasteiger charge is 2.55. The van der Waals surface area contributed by atoms with Crippen molar-refractivity contribution in [1.29, 1.82) is 5.41 Å². The number of nitrogens with one attached hydrogen (secondary N) is 1. The minimum Gasteiger partial charge on any atom is -0.457 e. The summed E-state index contributed by atoms with van der Waals surface area (Å²) in [7, 11) is -3.45. The summed E-state index contributed by atoms with van der Waals surface area (Å²) in [4.78, 5) is 25.0. The van der Waals surface area contributed by atoms with Crippen molar-refractivity contribution in [2.75, 3.05) is 23.4 Å². The Morgan fingerprint density at radius 1 is 1.18 bits per heavy atom. The molecule has 0 bridgehead atoms. The summed E-state index contributed by atoms with van der Waals surface area (Å²) < 4.78 is 69.1. The predicted molar refractivity (Wildman–Crippen MR) is 132 cm³/mol. The third-order valence-corrected chi connectivity index (χ3v) is 8.61. The summed E-state index contributed by atoms with van der Waals surface area (Å²) in [5.41, 5.74) is 6.32. The number of sulfone groups is 1. The van der Waals surface area contributed by atoms with Crippen LogP contribution in [0.25, 0.3) is 0 Å². The van der Waals surface area contributed by atoms with Crippen LogP contribution in [0.2, 0.25) is 0 Å². The number of amides is 1. The number of aromatic nitrogens is 2. The molecule has 3 aliphatic rings. The van der Waals surface area contributed by atoms with E-state index in [1.807, 2.05) is 0 Å². The van der Waals surface area contributed by atoms with Crippen LogP contribution in [0.4, 0.5) is 30.5 Å². The van der Waals surface area contributed by atoms with Crippen molar-refractivity contribution in [3.8, 4) is 0 Å². The monoisotopic (exact) mass is 552 g/mol. The molecule has 1 amide bonds. The molecule has 0 radical (unpaired) electrons. The maximum atomic E-state index is 13.8. The van der Waals surface area contributed by atoms with E-state index < -0.39 is 40.1 Å². The van der Waals surface area contributed by atoms with Crippen LogP contribution in [0.1, 0.15) is 49.9 Å². The highest BCUT2D eigenvalue weighted by Crippen LogP contribution is 2.54. The number of fused-ring (bicyclic) bond motifs is 2. The number of hydrogen-bond donors (Lipinski definition) is 2. The number of nitrogens with two attached hydrogens (primary N) is 1. The molecule has 3 heterocycles. The number of ether oxygens (including phenoxy) is 1. The molecule has 5 rings (SSSR count). The second kappa shape index (κ2) is 9.10. The second-order valence-corrected chi connectivity index (χ2v) is 11.9. The minimum absolute atomic E-state index is 0.00867. The standard InChI is InChI=1S/C24H27F3N6O4S/c1-38(35,36)15-8-6-14(7-9-15)33-20-18(23(21(33)34)10-2-3-11-23)19(28)30-17(31-20)13-37-22(29)32-12-4-5-16(32)24(25,26)27/h6-9,16,29H,2-5,10-13H2,1H3,(H2,28,30,31)/t16-/m1/s1. The molecule has 2 aromatic rings. The molecule has 3 N–H and O–H groups in total. The average molecular weight is 553 g/mol. The smallest absolute Gasteiger partial charge is 0.408 e. The van der Waals surface area contributed by atoms with Gasteiger partial charge in [-0.25, -0.2) is 18.4 Å². The van der Waals surface area contributed by atoms with Crippen molar-refractivity contribution >= 4 is 39.1 Å². The number of amidine groups is 1. The van der Waals surface area contributed by atoms with Crippen LogP contribution in [0.15, 0.2) is 29.2 Å². The lowest BCUT2D eigenvalue weighted by molar-refractivity contribution is -0.169. The lowest BCUT2D eigenvalue weighted by Crippen LogP contribution is -2.45.